The van der Waals surface area contributed by atoms with E-state index in [2.05, 4.69) is 4.72 Å². The van der Waals surface area contributed by atoms with Crippen LogP contribution >= 0.6 is 0 Å². The molecule has 1 rings (SSSR count). The summed E-state index contributed by atoms with van der Waals surface area (Å²) in [6.07, 6.45) is -0.719. The summed E-state index contributed by atoms with van der Waals surface area (Å²) >= 11 is 0. The zero-order valence-electron chi connectivity index (χ0n) is 11.5. The molecule has 0 aliphatic rings. The van der Waals surface area contributed by atoms with Crippen molar-refractivity contribution in [3.63, 3.8) is 0 Å². The van der Waals surface area contributed by atoms with Crippen LogP contribution in [0.4, 0.5) is 0 Å². The van der Waals surface area contributed by atoms with Crippen molar-refractivity contribution in [1.82, 2.24) is 4.72 Å². The minimum absolute atomic E-state index is 0.00602. The molecule has 0 aliphatic heterocycles. The fraction of sp³-hybridized carbons (Fsp3) is 0.538. The van der Waals surface area contributed by atoms with Gasteiger partial charge < -0.3 is 9.84 Å². The van der Waals surface area contributed by atoms with Crippen molar-refractivity contribution in [2.75, 3.05) is 13.2 Å². The molecule has 0 aliphatic carbocycles. The second-order valence-electron chi connectivity index (χ2n) is 4.88. The highest BCUT2D eigenvalue weighted by atomic mass is 32.2. The topological polar surface area (TPSA) is 75.6 Å². The highest BCUT2D eigenvalue weighted by Gasteiger charge is 2.14. The van der Waals surface area contributed by atoms with Gasteiger partial charge in [0.2, 0.25) is 10.0 Å². The van der Waals surface area contributed by atoms with Crippen LogP contribution < -0.4 is 9.46 Å². The van der Waals surface area contributed by atoms with Gasteiger partial charge in [0.15, 0.2) is 0 Å². The minimum Gasteiger partial charge on any atom is -0.493 e. The summed E-state index contributed by atoms with van der Waals surface area (Å²) in [5.74, 6) is 1.05. The molecule has 0 bridgehead atoms. The van der Waals surface area contributed by atoms with Gasteiger partial charge in [-0.15, -0.1) is 0 Å². The monoisotopic (exact) mass is 287 g/mol. The second kappa shape index (κ2) is 6.88. The van der Waals surface area contributed by atoms with Gasteiger partial charge in [-0.1, -0.05) is 13.8 Å². The molecule has 0 heterocycles. The van der Waals surface area contributed by atoms with Crippen molar-refractivity contribution in [2.24, 2.45) is 5.92 Å². The van der Waals surface area contributed by atoms with Crippen LogP contribution in [-0.2, 0) is 10.0 Å². The molecule has 0 spiro atoms. The molecule has 0 saturated carbocycles. The van der Waals surface area contributed by atoms with Crippen molar-refractivity contribution in [3.8, 4) is 5.75 Å². The molecule has 0 radical (unpaired) electrons. The third kappa shape index (κ3) is 5.59. The molecule has 19 heavy (non-hydrogen) atoms. The lowest BCUT2D eigenvalue weighted by Gasteiger charge is -2.10. The highest BCUT2D eigenvalue weighted by molar-refractivity contribution is 7.89. The molecule has 0 unspecified atom stereocenters. The molecule has 1 aromatic carbocycles. The number of rotatable bonds is 7. The zero-order valence-corrected chi connectivity index (χ0v) is 12.3. The van der Waals surface area contributed by atoms with Crippen LogP contribution in [0.5, 0.6) is 5.75 Å². The number of benzene rings is 1. The first kappa shape index (κ1) is 15.9. The standard InChI is InChI=1S/C13H21NO4S/c1-10(2)9-18-12-4-6-13(7-5-12)19(16,17)14-8-11(3)15/h4-7,10-11,14-15H,8-9H2,1-3H3/t11-/m0/s1. The Bertz CT molecular complexity index is 480. The maximum absolute atomic E-state index is 11.9. The number of aliphatic hydroxyl groups is 1. The zero-order chi connectivity index (χ0) is 14.5. The van der Waals surface area contributed by atoms with Gasteiger partial charge in [-0.25, -0.2) is 13.1 Å². The molecule has 1 aromatic rings. The number of hydrogen-bond donors (Lipinski definition) is 2. The summed E-state index contributed by atoms with van der Waals surface area (Å²) in [4.78, 5) is 0.157. The van der Waals surface area contributed by atoms with E-state index >= 15 is 0 Å². The number of ether oxygens (including phenoxy) is 1. The van der Waals surface area contributed by atoms with Crippen molar-refractivity contribution in [1.29, 1.82) is 0 Å². The van der Waals surface area contributed by atoms with Gasteiger partial charge in [-0.2, -0.15) is 0 Å². The molecule has 5 nitrogen and oxygen atoms in total. The van der Waals surface area contributed by atoms with E-state index in [1.807, 2.05) is 13.8 Å². The fourth-order valence-corrected chi connectivity index (χ4v) is 2.41. The summed E-state index contributed by atoms with van der Waals surface area (Å²) in [6, 6.07) is 6.22. The van der Waals surface area contributed by atoms with Crippen LogP contribution in [0.2, 0.25) is 0 Å². The smallest absolute Gasteiger partial charge is 0.240 e. The van der Waals surface area contributed by atoms with Crippen molar-refractivity contribution in [2.45, 2.75) is 31.8 Å². The van der Waals surface area contributed by atoms with Crippen LogP contribution in [0.3, 0.4) is 0 Å². The number of nitrogens with one attached hydrogen (secondary N) is 1. The Hall–Kier alpha value is -1.11. The summed E-state index contributed by atoms with van der Waals surface area (Å²) in [6.45, 7) is 6.18. The normalized spacial score (nSPS) is 13.5. The Labute approximate surface area is 114 Å². The minimum atomic E-state index is -3.57. The van der Waals surface area contributed by atoms with Crippen molar-refractivity contribution >= 4 is 10.0 Å². The summed E-state index contributed by atoms with van der Waals surface area (Å²) < 4.78 is 31.5. The summed E-state index contributed by atoms with van der Waals surface area (Å²) in [5.41, 5.74) is 0. The van der Waals surface area contributed by atoms with E-state index in [1.54, 1.807) is 12.1 Å². The van der Waals surface area contributed by atoms with Crippen molar-refractivity contribution in [3.05, 3.63) is 24.3 Å². The van der Waals surface area contributed by atoms with Gasteiger partial charge >= 0.3 is 0 Å². The van der Waals surface area contributed by atoms with Crippen molar-refractivity contribution < 1.29 is 18.3 Å². The SMILES string of the molecule is CC(C)COc1ccc(S(=O)(=O)NC[C@H](C)O)cc1. The predicted molar refractivity (Wildman–Crippen MR) is 73.6 cm³/mol. The van der Waals surface area contributed by atoms with E-state index in [9.17, 15) is 8.42 Å². The second-order valence-corrected chi connectivity index (χ2v) is 6.64. The fourth-order valence-electron chi connectivity index (χ4n) is 1.29. The quantitative estimate of drug-likeness (QED) is 0.794. The lowest BCUT2D eigenvalue weighted by atomic mass is 10.2. The van der Waals surface area contributed by atoms with E-state index < -0.39 is 16.1 Å². The molecule has 0 aromatic heterocycles. The summed E-state index contributed by atoms with van der Waals surface area (Å²) in [7, 11) is -3.57. The molecule has 108 valence electrons. The van der Waals surface area contributed by atoms with Crippen LogP contribution in [-0.4, -0.2) is 32.8 Å². The predicted octanol–water partition coefficient (Wildman–Crippen LogP) is 1.38. The Morgan fingerprint density at radius 2 is 1.79 bits per heavy atom. The van der Waals surface area contributed by atoms with Gasteiger partial charge in [-0.05, 0) is 37.1 Å². The maximum atomic E-state index is 11.9. The molecule has 0 amide bonds. The van der Waals surface area contributed by atoms with Gasteiger partial charge in [0, 0.05) is 6.54 Å². The lowest BCUT2D eigenvalue weighted by Crippen LogP contribution is -2.30. The van der Waals surface area contributed by atoms with Gasteiger partial charge in [0.05, 0.1) is 17.6 Å². The molecular formula is C13H21NO4S. The average Bonchev–Trinajstić information content (AvgIpc) is 2.34. The third-order valence-electron chi connectivity index (χ3n) is 2.29. The number of aliphatic hydroxyl groups excluding tert-OH is 1. The molecule has 6 heteroatoms. The average molecular weight is 287 g/mol. The van der Waals surface area contributed by atoms with Gasteiger partial charge in [0.1, 0.15) is 5.75 Å². The Kier molecular flexibility index (Phi) is 5.78. The Morgan fingerprint density at radius 1 is 1.21 bits per heavy atom. The molecule has 0 saturated heterocycles. The van der Waals surface area contributed by atoms with E-state index in [-0.39, 0.29) is 11.4 Å². The van der Waals surface area contributed by atoms with Crippen LogP contribution in [0.15, 0.2) is 29.2 Å². The summed E-state index contributed by atoms with van der Waals surface area (Å²) in [5, 5.41) is 9.08. The van der Waals surface area contributed by atoms with E-state index in [1.165, 1.54) is 19.1 Å². The third-order valence-corrected chi connectivity index (χ3v) is 3.73. The van der Waals surface area contributed by atoms with Crippen LogP contribution in [0.1, 0.15) is 20.8 Å². The van der Waals surface area contributed by atoms with E-state index in [0.717, 1.165) is 0 Å². The first-order valence-corrected chi connectivity index (χ1v) is 7.70. The first-order valence-electron chi connectivity index (χ1n) is 6.22. The van der Waals surface area contributed by atoms with Gasteiger partial charge in [-0.3, -0.25) is 0 Å². The largest absolute Gasteiger partial charge is 0.493 e. The van der Waals surface area contributed by atoms with E-state index in [0.29, 0.717) is 18.3 Å². The number of hydrogen-bond acceptors (Lipinski definition) is 4. The maximum Gasteiger partial charge on any atom is 0.240 e. The highest BCUT2D eigenvalue weighted by Crippen LogP contribution is 2.16. The van der Waals surface area contributed by atoms with Crippen LogP contribution in [0, 0.1) is 5.92 Å². The molecular weight excluding hydrogens is 266 g/mol. The molecule has 0 fully saturated rings. The Morgan fingerprint density at radius 3 is 2.26 bits per heavy atom. The lowest BCUT2D eigenvalue weighted by molar-refractivity contribution is 0.198. The molecule has 2 N–H and O–H groups in total. The number of sulfonamides is 1. The van der Waals surface area contributed by atoms with Gasteiger partial charge in [0.25, 0.3) is 0 Å². The Balaban J connectivity index is 2.69. The first-order chi connectivity index (χ1) is 8.81. The molecule has 1 atom stereocenters. The van der Waals surface area contributed by atoms with E-state index in [4.69, 9.17) is 9.84 Å². The van der Waals surface area contributed by atoms with Crippen LogP contribution in [0.25, 0.3) is 0 Å².